The second-order valence-corrected chi connectivity index (χ2v) is 12.0. The summed E-state index contributed by atoms with van der Waals surface area (Å²) in [6, 6.07) is 19.5. The average Bonchev–Trinajstić information content (AvgIpc) is 3.20. The number of hydrogen-bond donors (Lipinski definition) is 1. The van der Waals surface area contributed by atoms with Gasteiger partial charge in [0.25, 0.3) is 5.91 Å². The van der Waals surface area contributed by atoms with Crippen LogP contribution in [-0.2, 0) is 16.1 Å². The summed E-state index contributed by atoms with van der Waals surface area (Å²) in [5.74, 6) is 0.392. The van der Waals surface area contributed by atoms with E-state index in [4.69, 9.17) is 21.1 Å². The molecule has 1 amide bonds. The van der Waals surface area contributed by atoms with Crippen LogP contribution in [0.2, 0.25) is 5.02 Å². The van der Waals surface area contributed by atoms with Crippen molar-refractivity contribution in [2.24, 2.45) is 5.92 Å². The second kappa shape index (κ2) is 13.0. The highest BCUT2D eigenvalue weighted by Gasteiger charge is 2.25. The quantitative estimate of drug-likeness (QED) is 0.190. The van der Waals surface area contributed by atoms with Gasteiger partial charge < -0.3 is 19.4 Å². The van der Waals surface area contributed by atoms with Crippen molar-refractivity contribution < 1.29 is 19.1 Å². The van der Waals surface area contributed by atoms with E-state index in [1.807, 2.05) is 51.1 Å². The van der Waals surface area contributed by atoms with Gasteiger partial charge in [0.2, 0.25) is 0 Å². The van der Waals surface area contributed by atoms with Gasteiger partial charge >= 0.3 is 5.97 Å². The van der Waals surface area contributed by atoms with Crippen molar-refractivity contribution in [3.63, 3.8) is 0 Å². The van der Waals surface area contributed by atoms with Crippen LogP contribution in [0.3, 0.4) is 0 Å². The average molecular weight is 589 g/mol. The largest absolute Gasteiger partial charge is 0.478 e. The number of hydrogen-bond acceptors (Lipinski definition) is 4. The SMILES string of the molecule is COC(=O)C(Oc1ccc(Cl)c(Cn2c(C)c(C)c3cc(C(=O)N[C@@H](C)c4cccc(C(C)C)c4)ccc32)c1)C(C)C. The molecule has 4 aromatic rings. The molecule has 0 aliphatic rings. The number of carbonyl (C=O) groups excluding carboxylic acids is 2. The lowest BCUT2D eigenvalue weighted by molar-refractivity contribution is -0.150. The third kappa shape index (κ3) is 6.65. The lowest BCUT2D eigenvalue weighted by Gasteiger charge is -2.21. The first-order valence-corrected chi connectivity index (χ1v) is 14.8. The summed E-state index contributed by atoms with van der Waals surface area (Å²) >= 11 is 6.62. The Labute approximate surface area is 254 Å². The number of carbonyl (C=O) groups is 2. The Bertz CT molecular complexity index is 1600. The van der Waals surface area contributed by atoms with Gasteiger partial charge in [0, 0.05) is 39.6 Å². The molecule has 0 saturated heterocycles. The maximum atomic E-state index is 13.3. The zero-order valence-electron chi connectivity index (χ0n) is 25.7. The summed E-state index contributed by atoms with van der Waals surface area (Å²) in [5.41, 5.74) is 7.01. The minimum Gasteiger partial charge on any atom is -0.478 e. The molecule has 1 aromatic heterocycles. The maximum Gasteiger partial charge on any atom is 0.347 e. The fourth-order valence-electron chi connectivity index (χ4n) is 5.18. The van der Waals surface area contributed by atoms with E-state index in [9.17, 15) is 9.59 Å². The van der Waals surface area contributed by atoms with E-state index in [2.05, 4.69) is 55.8 Å². The van der Waals surface area contributed by atoms with Gasteiger partial charge in [-0.25, -0.2) is 4.79 Å². The van der Waals surface area contributed by atoms with E-state index < -0.39 is 12.1 Å². The van der Waals surface area contributed by atoms with Crippen molar-refractivity contribution in [1.29, 1.82) is 0 Å². The van der Waals surface area contributed by atoms with Crippen molar-refractivity contribution >= 4 is 34.4 Å². The van der Waals surface area contributed by atoms with Crippen LogP contribution in [0.5, 0.6) is 5.75 Å². The van der Waals surface area contributed by atoms with Gasteiger partial charge in [-0.15, -0.1) is 0 Å². The van der Waals surface area contributed by atoms with E-state index in [0.717, 1.165) is 33.3 Å². The van der Waals surface area contributed by atoms with Crippen LogP contribution in [0.25, 0.3) is 10.9 Å². The molecule has 1 unspecified atom stereocenters. The minimum atomic E-state index is -0.716. The molecule has 2 atom stereocenters. The first-order valence-electron chi connectivity index (χ1n) is 14.4. The molecule has 1 N–H and O–H groups in total. The summed E-state index contributed by atoms with van der Waals surface area (Å²) in [5, 5.41) is 4.78. The molecule has 3 aromatic carbocycles. The Kier molecular flexibility index (Phi) is 9.67. The predicted octanol–water partition coefficient (Wildman–Crippen LogP) is 8.15. The number of aromatic nitrogens is 1. The maximum absolute atomic E-state index is 13.3. The third-order valence-electron chi connectivity index (χ3n) is 7.97. The molecule has 42 heavy (non-hydrogen) atoms. The summed E-state index contributed by atoms with van der Waals surface area (Å²) in [6.07, 6.45) is -0.716. The van der Waals surface area contributed by atoms with Crippen LogP contribution in [0, 0.1) is 19.8 Å². The third-order valence-corrected chi connectivity index (χ3v) is 8.34. The van der Waals surface area contributed by atoms with Crippen molar-refractivity contribution in [2.75, 3.05) is 7.11 Å². The van der Waals surface area contributed by atoms with Crippen LogP contribution in [-0.4, -0.2) is 29.7 Å². The standard InChI is InChI=1S/C35H41ClN2O4/c1-20(2)25-10-9-11-26(16-25)23(6)37-34(39)27-12-15-32-30(18-27)22(5)24(7)38(32)19-28-17-29(13-14-31(28)36)42-33(21(3)4)35(40)41-8/h9-18,20-21,23,33H,19H2,1-8H3,(H,37,39)/t23-,33?/m0/s1. The number of ether oxygens (including phenoxy) is 2. The molecule has 222 valence electrons. The molecule has 4 rings (SSSR count). The summed E-state index contributed by atoms with van der Waals surface area (Å²) < 4.78 is 13.1. The van der Waals surface area contributed by atoms with Crippen molar-refractivity contribution in [3.05, 3.63) is 99.2 Å². The summed E-state index contributed by atoms with van der Waals surface area (Å²) in [4.78, 5) is 25.5. The van der Waals surface area contributed by atoms with Gasteiger partial charge in [0.05, 0.1) is 13.2 Å². The molecule has 1 heterocycles. The molecule has 0 aliphatic carbocycles. The van der Waals surface area contributed by atoms with Gasteiger partial charge in [0.1, 0.15) is 5.75 Å². The molecule has 6 nitrogen and oxygen atoms in total. The lowest BCUT2D eigenvalue weighted by Crippen LogP contribution is -2.33. The number of esters is 1. The number of fused-ring (bicyclic) bond motifs is 1. The molecule has 0 spiro atoms. The molecule has 0 saturated carbocycles. The highest BCUT2D eigenvalue weighted by Crippen LogP contribution is 2.31. The van der Waals surface area contributed by atoms with Gasteiger partial charge in [-0.2, -0.15) is 0 Å². The predicted molar refractivity (Wildman–Crippen MR) is 170 cm³/mol. The van der Waals surface area contributed by atoms with E-state index in [1.165, 1.54) is 12.7 Å². The summed E-state index contributed by atoms with van der Waals surface area (Å²) in [7, 11) is 1.36. The number of halogens is 1. The molecule has 7 heteroatoms. The zero-order chi connectivity index (χ0) is 30.7. The Morgan fingerprint density at radius 3 is 2.31 bits per heavy atom. The highest BCUT2D eigenvalue weighted by atomic mass is 35.5. The van der Waals surface area contributed by atoms with E-state index in [-0.39, 0.29) is 17.9 Å². The molecule has 0 fully saturated rings. The van der Waals surface area contributed by atoms with Gasteiger partial charge in [-0.1, -0.05) is 63.6 Å². The van der Waals surface area contributed by atoms with Crippen LogP contribution in [0.15, 0.2) is 60.7 Å². The number of benzene rings is 3. The summed E-state index contributed by atoms with van der Waals surface area (Å²) in [6.45, 7) is 14.8. The molecular formula is C35H41ClN2O4. The Morgan fingerprint density at radius 2 is 1.64 bits per heavy atom. The van der Waals surface area contributed by atoms with Gasteiger partial charge in [0.15, 0.2) is 6.10 Å². The van der Waals surface area contributed by atoms with Crippen LogP contribution >= 0.6 is 11.6 Å². The monoisotopic (exact) mass is 588 g/mol. The van der Waals surface area contributed by atoms with E-state index in [0.29, 0.717) is 28.8 Å². The Balaban J connectivity index is 1.59. The highest BCUT2D eigenvalue weighted by molar-refractivity contribution is 6.31. The second-order valence-electron chi connectivity index (χ2n) is 11.6. The molecular weight excluding hydrogens is 548 g/mol. The number of amides is 1. The zero-order valence-corrected chi connectivity index (χ0v) is 26.5. The normalized spacial score (nSPS) is 12.9. The Hall–Kier alpha value is -3.77. The van der Waals surface area contributed by atoms with Gasteiger partial charge in [-0.05, 0) is 85.3 Å². The number of aryl methyl sites for hydroxylation is 1. The smallest absolute Gasteiger partial charge is 0.347 e. The topological polar surface area (TPSA) is 69.6 Å². The fraction of sp³-hybridized carbons (Fsp3) is 0.371. The number of methoxy groups -OCH3 is 1. The minimum absolute atomic E-state index is 0.0607. The van der Waals surface area contributed by atoms with Gasteiger partial charge in [-0.3, -0.25) is 4.79 Å². The van der Waals surface area contributed by atoms with Crippen molar-refractivity contribution in [3.8, 4) is 5.75 Å². The van der Waals surface area contributed by atoms with Crippen molar-refractivity contribution in [1.82, 2.24) is 9.88 Å². The number of nitrogens with one attached hydrogen (secondary N) is 1. The van der Waals surface area contributed by atoms with Crippen LogP contribution in [0.4, 0.5) is 0 Å². The lowest BCUT2D eigenvalue weighted by atomic mass is 9.98. The molecule has 0 aliphatic heterocycles. The van der Waals surface area contributed by atoms with Crippen LogP contribution in [0.1, 0.15) is 84.9 Å². The first kappa shape index (κ1) is 31.2. The first-order chi connectivity index (χ1) is 19.9. The van der Waals surface area contributed by atoms with E-state index in [1.54, 1.807) is 12.1 Å². The van der Waals surface area contributed by atoms with Crippen molar-refractivity contribution in [2.45, 2.75) is 73.1 Å². The fourth-order valence-corrected chi connectivity index (χ4v) is 5.36. The number of nitrogens with zero attached hydrogens (tertiary/aromatic N) is 1. The van der Waals surface area contributed by atoms with Crippen LogP contribution < -0.4 is 10.1 Å². The molecule has 0 radical (unpaired) electrons. The number of rotatable bonds is 10. The van der Waals surface area contributed by atoms with E-state index >= 15 is 0 Å². The Morgan fingerprint density at radius 1 is 0.929 bits per heavy atom. The molecule has 0 bridgehead atoms.